The highest BCUT2D eigenvalue weighted by Crippen LogP contribution is 2.62. The molecular formula is C17H21F15O. The highest BCUT2D eigenvalue weighted by atomic mass is 19.4. The molecule has 0 saturated heterocycles. The normalized spacial score (nSPS) is 16.3. The van der Waals surface area contributed by atoms with Gasteiger partial charge in [0.05, 0.1) is 6.10 Å². The van der Waals surface area contributed by atoms with Crippen LogP contribution in [0.5, 0.6) is 0 Å². The van der Waals surface area contributed by atoms with E-state index in [1.807, 2.05) is 6.92 Å². The van der Waals surface area contributed by atoms with Crippen molar-refractivity contribution in [3.8, 4) is 0 Å². The minimum Gasteiger partial charge on any atom is -0.393 e. The van der Waals surface area contributed by atoms with Crippen LogP contribution in [-0.2, 0) is 0 Å². The Bertz CT molecular complexity index is 612. The standard InChI is InChI=1S/C17H21F15O/c1-2-3-4-5-6-7-8-10(33)9-11(18,19)12(20,21)13(22,23)14(24,25)15(26,27)16(28,29)17(30,31)32/h10,33H,2-9H2,1H3. The topological polar surface area (TPSA) is 20.2 Å². The van der Waals surface area contributed by atoms with Gasteiger partial charge in [-0.2, -0.15) is 65.9 Å². The zero-order chi connectivity index (χ0) is 26.7. The Hall–Kier alpha value is -1.09. The number of unbranched alkanes of at least 4 members (excludes halogenated alkanes) is 5. The summed E-state index contributed by atoms with van der Waals surface area (Å²) < 4.78 is 196. The van der Waals surface area contributed by atoms with E-state index in [0.29, 0.717) is 12.8 Å². The van der Waals surface area contributed by atoms with Gasteiger partial charge in [-0.1, -0.05) is 45.4 Å². The zero-order valence-corrected chi connectivity index (χ0v) is 16.9. The zero-order valence-electron chi connectivity index (χ0n) is 16.9. The van der Waals surface area contributed by atoms with Gasteiger partial charge < -0.3 is 5.11 Å². The molecule has 0 aliphatic rings. The van der Waals surface area contributed by atoms with Crippen LogP contribution in [0.2, 0.25) is 0 Å². The molecule has 0 aromatic heterocycles. The first-order valence-electron chi connectivity index (χ1n) is 9.47. The second-order valence-corrected chi connectivity index (χ2v) is 7.49. The third-order valence-electron chi connectivity index (χ3n) is 4.78. The second kappa shape index (κ2) is 10.3. The van der Waals surface area contributed by atoms with Crippen LogP contribution in [0.3, 0.4) is 0 Å². The molecule has 0 bridgehead atoms. The summed E-state index contributed by atoms with van der Waals surface area (Å²) in [6, 6.07) is 0. The molecule has 1 atom stereocenters. The Kier molecular flexibility index (Phi) is 9.92. The van der Waals surface area contributed by atoms with Gasteiger partial charge in [0, 0.05) is 6.42 Å². The van der Waals surface area contributed by atoms with Gasteiger partial charge in [-0.3, -0.25) is 0 Å². The molecular weight excluding hydrogens is 505 g/mol. The van der Waals surface area contributed by atoms with Gasteiger partial charge in [0.1, 0.15) is 0 Å². The van der Waals surface area contributed by atoms with E-state index < -0.39 is 60.7 Å². The van der Waals surface area contributed by atoms with E-state index >= 15 is 0 Å². The SMILES string of the molecule is CCCCCCCCC(O)CC(F)(F)C(F)(F)C(F)(F)C(F)(F)C(F)(F)C(F)(F)C(F)(F)F. The van der Waals surface area contributed by atoms with Crippen LogP contribution in [0.15, 0.2) is 0 Å². The van der Waals surface area contributed by atoms with Gasteiger partial charge in [-0.25, -0.2) is 0 Å². The number of halogens is 15. The fourth-order valence-electron chi connectivity index (χ4n) is 2.69. The summed E-state index contributed by atoms with van der Waals surface area (Å²) in [4.78, 5) is 0. The Morgan fingerprint density at radius 3 is 1.30 bits per heavy atom. The maximum atomic E-state index is 13.7. The van der Waals surface area contributed by atoms with Crippen molar-refractivity contribution in [2.24, 2.45) is 0 Å². The molecule has 0 saturated carbocycles. The summed E-state index contributed by atoms with van der Waals surface area (Å²) in [6.45, 7) is 1.85. The molecule has 1 N–H and O–H groups in total. The van der Waals surface area contributed by atoms with Gasteiger partial charge in [0.15, 0.2) is 0 Å². The van der Waals surface area contributed by atoms with Gasteiger partial charge >= 0.3 is 41.7 Å². The molecule has 16 heteroatoms. The summed E-state index contributed by atoms with van der Waals surface area (Å²) in [6.07, 6.45) is -10.6. The first kappa shape index (κ1) is 31.9. The monoisotopic (exact) mass is 526 g/mol. The molecule has 0 aromatic rings. The van der Waals surface area contributed by atoms with Crippen LogP contribution in [0.25, 0.3) is 0 Å². The smallest absolute Gasteiger partial charge is 0.393 e. The van der Waals surface area contributed by atoms with Gasteiger partial charge in [-0.15, -0.1) is 0 Å². The molecule has 0 aliphatic carbocycles. The summed E-state index contributed by atoms with van der Waals surface area (Å²) in [5.74, 6) is -46.6. The molecule has 33 heavy (non-hydrogen) atoms. The molecule has 0 spiro atoms. The lowest BCUT2D eigenvalue weighted by atomic mass is 9.89. The predicted molar refractivity (Wildman–Crippen MR) is 84.4 cm³/mol. The predicted octanol–water partition coefficient (Wildman–Crippen LogP) is 7.86. The highest BCUT2D eigenvalue weighted by Gasteiger charge is 2.93. The van der Waals surface area contributed by atoms with Crippen molar-refractivity contribution in [1.82, 2.24) is 0 Å². The maximum absolute atomic E-state index is 13.7. The lowest BCUT2D eigenvalue weighted by Gasteiger charge is -2.41. The van der Waals surface area contributed by atoms with Crippen molar-refractivity contribution in [3.63, 3.8) is 0 Å². The summed E-state index contributed by atoms with van der Waals surface area (Å²) in [7, 11) is 0. The molecule has 0 amide bonds. The maximum Gasteiger partial charge on any atom is 0.460 e. The van der Waals surface area contributed by atoms with Crippen LogP contribution in [0, 0.1) is 0 Å². The van der Waals surface area contributed by atoms with E-state index in [1.54, 1.807) is 0 Å². The molecule has 200 valence electrons. The second-order valence-electron chi connectivity index (χ2n) is 7.49. The van der Waals surface area contributed by atoms with Crippen LogP contribution in [0.4, 0.5) is 65.9 Å². The summed E-state index contributed by atoms with van der Waals surface area (Å²) in [5.41, 5.74) is 0. The number of alkyl halides is 15. The fourth-order valence-corrected chi connectivity index (χ4v) is 2.69. The molecule has 0 radical (unpaired) electrons. The Labute approximate surface area is 178 Å². The van der Waals surface area contributed by atoms with E-state index in [-0.39, 0.29) is 12.8 Å². The third kappa shape index (κ3) is 5.95. The van der Waals surface area contributed by atoms with E-state index in [4.69, 9.17) is 0 Å². The number of rotatable bonds is 14. The lowest BCUT2D eigenvalue weighted by molar-refractivity contribution is -0.453. The van der Waals surface area contributed by atoms with Crippen molar-refractivity contribution >= 4 is 0 Å². The van der Waals surface area contributed by atoms with Crippen LogP contribution in [0.1, 0.15) is 58.3 Å². The lowest BCUT2D eigenvalue weighted by Crippen LogP contribution is -2.72. The van der Waals surface area contributed by atoms with Crippen molar-refractivity contribution in [3.05, 3.63) is 0 Å². The minimum absolute atomic E-state index is 0.102. The Balaban J connectivity index is 5.72. The van der Waals surface area contributed by atoms with Gasteiger partial charge in [0.25, 0.3) is 0 Å². The molecule has 0 rings (SSSR count). The quantitative estimate of drug-likeness (QED) is 0.181. The Morgan fingerprint density at radius 2 is 0.879 bits per heavy atom. The Morgan fingerprint density at radius 1 is 0.515 bits per heavy atom. The highest BCUT2D eigenvalue weighted by molar-refractivity contribution is 5.13. The number of hydrogen-bond acceptors (Lipinski definition) is 1. The molecule has 0 aliphatic heterocycles. The van der Waals surface area contributed by atoms with Crippen molar-refractivity contribution in [1.29, 1.82) is 0 Å². The first-order valence-corrected chi connectivity index (χ1v) is 9.47. The van der Waals surface area contributed by atoms with E-state index in [1.165, 1.54) is 0 Å². The molecule has 1 nitrogen and oxygen atoms in total. The summed E-state index contributed by atoms with van der Waals surface area (Å²) in [5, 5.41) is 9.35. The van der Waals surface area contributed by atoms with E-state index in [0.717, 1.165) is 12.8 Å². The van der Waals surface area contributed by atoms with E-state index in [9.17, 15) is 71.0 Å². The van der Waals surface area contributed by atoms with Crippen LogP contribution in [-0.4, -0.2) is 52.9 Å². The molecule has 0 heterocycles. The van der Waals surface area contributed by atoms with Crippen molar-refractivity contribution < 1.29 is 71.0 Å². The number of aliphatic hydroxyl groups excluding tert-OH is 1. The molecule has 0 fully saturated rings. The van der Waals surface area contributed by atoms with Gasteiger partial charge in [0.2, 0.25) is 0 Å². The molecule has 0 aromatic carbocycles. The number of hydrogen-bond donors (Lipinski definition) is 1. The minimum atomic E-state index is -8.30. The van der Waals surface area contributed by atoms with E-state index in [2.05, 4.69) is 0 Å². The van der Waals surface area contributed by atoms with Crippen LogP contribution < -0.4 is 0 Å². The molecule has 1 unspecified atom stereocenters. The largest absolute Gasteiger partial charge is 0.460 e. The van der Waals surface area contributed by atoms with Gasteiger partial charge in [-0.05, 0) is 6.42 Å². The average Bonchev–Trinajstić information content (AvgIpc) is 2.62. The van der Waals surface area contributed by atoms with Crippen molar-refractivity contribution in [2.45, 2.75) is 106 Å². The summed E-state index contributed by atoms with van der Waals surface area (Å²) >= 11 is 0. The fraction of sp³-hybridized carbons (Fsp3) is 1.00. The van der Waals surface area contributed by atoms with Crippen molar-refractivity contribution in [2.75, 3.05) is 0 Å². The average molecular weight is 526 g/mol. The number of aliphatic hydroxyl groups is 1. The first-order chi connectivity index (χ1) is 14.5. The van der Waals surface area contributed by atoms with Crippen LogP contribution >= 0.6 is 0 Å². The third-order valence-corrected chi connectivity index (χ3v) is 4.78.